The molecule has 0 saturated heterocycles. The Hall–Kier alpha value is -3.02. The van der Waals surface area contributed by atoms with Crippen molar-refractivity contribution in [1.82, 2.24) is 4.90 Å². The summed E-state index contributed by atoms with van der Waals surface area (Å²) in [5.41, 5.74) is 5.57. The molecule has 3 amide bonds. The fourth-order valence-electron chi connectivity index (χ4n) is 2.56. The van der Waals surface area contributed by atoms with Gasteiger partial charge in [-0.15, -0.1) is 0 Å². The highest BCUT2D eigenvalue weighted by Gasteiger charge is 2.43. The summed E-state index contributed by atoms with van der Waals surface area (Å²) < 4.78 is 14.0. The van der Waals surface area contributed by atoms with Crippen LogP contribution in [0.1, 0.15) is 32.3 Å². The molecule has 2 aromatic carbocycles. The van der Waals surface area contributed by atoms with Crippen molar-refractivity contribution in [3.05, 3.63) is 71.0 Å². The molecule has 2 N–H and O–H groups in total. The van der Waals surface area contributed by atoms with Crippen molar-refractivity contribution >= 4 is 17.7 Å². The predicted molar refractivity (Wildman–Crippen MR) is 75.3 cm³/mol. The summed E-state index contributed by atoms with van der Waals surface area (Å²) in [5.74, 6) is -3.00. The molecule has 0 fully saturated rings. The van der Waals surface area contributed by atoms with E-state index in [0.717, 1.165) is 6.07 Å². The largest absolute Gasteiger partial charge is 0.368 e. The zero-order valence-electron chi connectivity index (χ0n) is 11.3. The molecule has 1 unspecified atom stereocenters. The molecule has 0 bridgehead atoms. The van der Waals surface area contributed by atoms with Gasteiger partial charge in [-0.3, -0.25) is 19.3 Å². The van der Waals surface area contributed by atoms with Gasteiger partial charge in [0.15, 0.2) is 0 Å². The highest BCUT2D eigenvalue weighted by Crippen LogP contribution is 2.32. The minimum Gasteiger partial charge on any atom is -0.368 e. The van der Waals surface area contributed by atoms with Crippen LogP contribution in [0.25, 0.3) is 0 Å². The van der Waals surface area contributed by atoms with E-state index in [4.69, 9.17) is 5.73 Å². The van der Waals surface area contributed by atoms with Crippen LogP contribution in [-0.2, 0) is 4.79 Å². The molecule has 1 aliphatic rings. The van der Waals surface area contributed by atoms with E-state index in [1.807, 2.05) is 0 Å². The molecule has 22 heavy (non-hydrogen) atoms. The highest BCUT2D eigenvalue weighted by atomic mass is 19.1. The first kappa shape index (κ1) is 13.9. The van der Waals surface area contributed by atoms with Crippen LogP contribution in [0, 0.1) is 5.82 Å². The number of hydrogen-bond donors (Lipinski definition) is 1. The number of fused-ring (bicyclic) bond motifs is 1. The molecule has 1 aliphatic heterocycles. The van der Waals surface area contributed by atoms with Gasteiger partial charge in [0.1, 0.15) is 11.9 Å². The normalized spacial score (nSPS) is 14.9. The summed E-state index contributed by atoms with van der Waals surface area (Å²) >= 11 is 0. The second-order valence-corrected chi connectivity index (χ2v) is 4.85. The van der Waals surface area contributed by atoms with E-state index in [2.05, 4.69) is 0 Å². The van der Waals surface area contributed by atoms with Crippen LogP contribution in [0.15, 0.2) is 48.5 Å². The van der Waals surface area contributed by atoms with E-state index in [1.165, 1.54) is 30.3 Å². The monoisotopic (exact) mass is 298 g/mol. The predicted octanol–water partition coefficient (Wildman–Crippen LogP) is 1.65. The maximum atomic E-state index is 14.0. The number of carbonyl (C=O) groups excluding carboxylic acids is 3. The average Bonchev–Trinajstić information content (AvgIpc) is 2.75. The van der Waals surface area contributed by atoms with Gasteiger partial charge in [0.25, 0.3) is 11.8 Å². The summed E-state index contributed by atoms with van der Waals surface area (Å²) in [4.78, 5) is 37.3. The number of hydrogen-bond acceptors (Lipinski definition) is 3. The van der Waals surface area contributed by atoms with Gasteiger partial charge in [-0.1, -0.05) is 30.3 Å². The summed E-state index contributed by atoms with van der Waals surface area (Å²) in [5, 5.41) is 0. The number of imide groups is 1. The Morgan fingerprint density at radius 3 is 1.95 bits per heavy atom. The van der Waals surface area contributed by atoms with Crippen LogP contribution >= 0.6 is 0 Å². The first-order valence-electron chi connectivity index (χ1n) is 6.53. The van der Waals surface area contributed by atoms with E-state index in [1.54, 1.807) is 12.1 Å². The lowest BCUT2D eigenvalue weighted by atomic mass is 10.0. The average molecular weight is 298 g/mol. The second-order valence-electron chi connectivity index (χ2n) is 4.85. The van der Waals surface area contributed by atoms with Gasteiger partial charge in [-0.05, 0) is 18.2 Å². The first-order valence-corrected chi connectivity index (χ1v) is 6.53. The fraction of sp³-hybridized carbons (Fsp3) is 0.0625. The Bertz CT molecular complexity index is 768. The fourth-order valence-corrected chi connectivity index (χ4v) is 2.56. The molecular formula is C16H11FN2O3. The molecule has 5 nitrogen and oxygen atoms in total. The van der Waals surface area contributed by atoms with Crippen LogP contribution in [0.2, 0.25) is 0 Å². The molecule has 0 aliphatic carbocycles. The topological polar surface area (TPSA) is 80.5 Å². The molecule has 0 spiro atoms. The minimum atomic E-state index is -1.48. The molecule has 3 rings (SSSR count). The maximum Gasteiger partial charge on any atom is 0.262 e. The number of carbonyl (C=O) groups is 3. The van der Waals surface area contributed by atoms with Crippen molar-refractivity contribution in [1.29, 1.82) is 0 Å². The number of nitrogens with zero attached hydrogens (tertiary/aromatic N) is 1. The molecule has 0 saturated carbocycles. The molecule has 1 atom stereocenters. The quantitative estimate of drug-likeness (QED) is 0.875. The summed E-state index contributed by atoms with van der Waals surface area (Å²) in [6.45, 7) is 0. The van der Waals surface area contributed by atoms with Crippen molar-refractivity contribution in [2.75, 3.05) is 0 Å². The molecule has 2 aromatic rings. The van der Waals surface area contributed by atoms with E-state index in [0.29, 0.717) is 4.90 Å². The molecule has 110 valence electrons. The maximum absolute atomic E-state index is 14.0. The molecule has 6 heteroatoms. The lowest BCUT2D eigenvalue weighted by molar-refractivity contribution is -0.122. The Labute approximate surface area is 125 Å². The molecule has 0 radical (unpaired) electrons. The number of nitrogens with two attached hydrogens (primary N) is 1. The number of halogens is 1. The minimum absolute atomic E-state index is 0.107. The molecule has 1 heterocycles. The Morgan fingerprint density at radius 2 is 1.45 bits per heavy atom. The lowest BCUT2D eigenvalue weighted by Crippen LogP contribution is -2.41. The number of benzene rings is 2. The zero-order valence-corrected chi connectivity index (χ0v) is 11.3. The van der Waals surface area contributed by atoms with E-state index in [-0.39, 0.29) is 16.7 Å². The van der Waals surface area contributed by atoms with Crippen molar-refractivity contribution < 1.29 is 18.8 Å². The smallest absolute Gasteiger partial charge is 0.262 e. The van der Waals surface area contributed by atoms with Gasteiger partial charge >= 0.3 is 0 Å². The van der Waals surface area contributed by atoms with Crippen LogP contribution in [0.4, 0.5) is 4.39 Å². The Morgan fingerprint density at radius 1 is 0.955 bits per heavy atom. The lowest BCUT2D eigenvalue weighted by Gasteiger charge is -2.24. The second kappa shape index (κ2) is 5.07. The third-order valence-electron chi connectivity index (χ3n) is 3.55. The summed E-state index contributed by atoms with van der Waals surface area (Å²) in [7, 11) is 0. The third kappa shape index (κ3) is 1.96. The summed E-state index contributed by atoms with van der Waals surface area (Å²) in [6, 6.07) is 10.1. The van der Waals surface area contributed by atoms with Crippen molar-refractivity contribution in [2.24, 2.45) is 5.73 Å². The standard InChI is InChI=1S/C16H11FN2O3/c17-12-8-4-3-7-11(12)13(14(18)20)19-15(21)9-5-1-2-6-10(9)16(19)22/h1-8,13H,(H2,18,20). The number of rotatable bonds is 3. The Kier molecular flexibility index (Phi) is 3.21. The number of amides is 3. The van der Waals surface area contributed by atoms with Gasteiger partial charge in [0.05, 0.1) is 11.1 Å². The van der Waals surface area contributed by atoms with Gasteiger partial charge < -0.3 is 5.73 Å². The van der Waals surface area contributed by atoms with E-state index < -0.39 is 29.6 Å². The van der Waals surface area contributed by atoms with E-state index in [9.17, 15) is 18.8 Å². The first-order chi connectivity index (χ1) is 10.5. The van der Waals surface area contributed by atoms with E-state index >= 15 is 0 Å². The SMILES string of the molecule is NC(=O)C(c1ccccc1F)N1C(=O)c2ccccc2C1=O. The number of primary amides is 1. The third-order valence-corrected chi connectivity index (χ3v) is 3.55. The van der Waals surface area contributed by atoms with Crippen LogP contribution in [-0.4, -0.2) is 22.6 Å². The van der Waals surface area contributed by atoms with Crippen molar-refractivity contribution in [3.8, 4) is 0 Å². The van der Waals surface area contributed by atoms with Gasteiger partial charge in [0, 0.05) is 5.56 Å². The molecule has 0 aromatic heterocycles. The van der Waals surface area contributed by atoms with Crippen molar-refractivity contribution in [3.63, 3.8) is 0 Å². The van der Waals surface area contributed by atoms with Crippen LogP contribution in [0.5, 0.6) is 0 Å². The molecular weight excluding hydrogens is 287 g/mol. The summed E-state index contributed by atoms with van der Waals surface area (Å²) in [6.07, 6.45) is 0. The Balaban J connectivity index is 2.13. The zero-order chi connectivity index (χ0) is 15.9. The van der Waals surface area contributed by atoms with Crippen LogP contribution < -0.4 is 5.73 Å². The van der Waals surface area contributed by atoms with Gasteiger partial charge in [0.2, 0.25) is 5.91 Å². The highest BCUT2D eigenvalue weighted by molar-refractivity contribution is 6.22. The van der Waals surface area contributed by atoms with Gasteiger partial charge in [-0.25, -0.2) is 4.39 Å². The van der Waals surface area contributed by atoms with Crippen molar-refractivity contribution in [2.45, 2.75) is 6.04 Å². The van der Waals surface area contributed by atoms with Crippen LogP contribution in [0.3, 0.4) is 0 Å². The van der Waals surface area contributed by atoms with Gasteiger partial charge in [-0.2, -0.15) is 0 Å².